The van der Waals surface area contributed by atoms with Gasteiger partial charge in [-0.1, -0.05) is 19.1 Å². The first kappa shape index (κ1) is 15.0. The summed E-state index contributed by atoms with van der Waals surface area (Å²) in [4.78, 5) is 25.4. The van der Waals surface area contributed by atoms with Gasteiger partial charge in [0.2, 0.25) is 5.91 Å². The van der Waals surface area contributed by atoms with E-state index in [0.29, 0.717) is 0 Å². The first-order valence-electron chi connectivity index (χ1n) is 7.76. The molecule has 1 N–H and O–H groups in total. The molecule has 2 fully saturated rings. The van der Waals surface area contributed by atoms with E-state index < -0.39 is 11.9 Å². The second-order valence-corrected chi connectivity index (χ2v) is 6.46. The lowest BCUT2D eigenvalue weighted by Crippen LogP contribution is -2.39. The van der Waals surface area contributed by atoms with Crippen molar-refractivity contribution in [3.63, 3.8) is 0 Å². The van der Waals surface area contributed by atoms with E-state index in [1.807, 2.05) is 0 Å². The van der Waals surface area contributed by atoms with Crippen LogP contribution in [-0.4, -0.2) is 34.5 Å². The highest BCUT2D eigenvalue weighted by Crippen LogP contribution is 2.49. The number of carbonyl (C=O) groups excluding carboxylic acids is 1. The Bertz CT molecular complexity index is 582. The molecule has 3 atom stereocenters. The summed E-state index contributed by atoms with van der Waals surface area (Å²) in [5, 5.41) is 9.05. The van der Waals surface area contributed by atoms with Crippen molar-refractivity contribution in [2.75, 3.05) is 6.54 Å². The summed E-state index contributed by atoms with van der Waals surface area (Å²) >= 11 is 0. The van der Waals surface area contributed by atoms with Gasteiger partial charge in [0.25, 0.3) is 0 Å². The molecular formula is C17H20FNO3. The molecule has 4 nitrogen and oxygen atoms in total. The minimum atomic E-state index is -0.871. The lowest BCUT2D eigenvalue weighted by atomic mass is 10.1. The molecule has 2 saturated carbocycles. The number of carboxylic acid groups (broad SMARTS) is 1. The molecular weight excluding hydrogens is 285 g/mol. The predicted molar refractivity (Wildman–Crippen MR) is 78.8 cm³/mol. The van der Waals surface area contributed by atoms with Gasteiger partial charge in [-0.05, 0) is 42.9 Å². The van der Waals surface area contributed by atoms with Gasteiger partial charge in [-0.25, -0.2) is 4.39 Å². The van der Waals surface area contributed by atoms with Crippen molar-refractivity contribution in [2.45, 2.75) is 38.1 Å². The lowest BCUT2D eigenvalue weighted by Gasteiger charge is -2.24. The maximum atomic E-state index is 13.0. The Labute approximate surface area is 128 Å². The van der Waals surface area contributed by atoms with E-state index in [2.05, 4.69) is 0 Å². The van der Waals surface area contributed by atoms with Crippen molar-refractivity contribution in [1.82, 2.24) is 4.90 Å². The standard InChI is InChI=1S/C17H20FNO3/c1-10(17(21)22)9-19(13-6-7-13)16(20)15-8-14(15)11-2-4-12(18)5-3-11/h2-5,10,13-15H,6-9H2,1H3,(H,21,22). The van der Waals surface area contributed by atoms with Crippen molar-refractivity contribution in [3.05, 3.63) is 35.6 Å². The quantitative estimate of drug-likeness (QED) is 0.879. The van der Waals surface area contributed by atoms with Gasteiger partial charge in [-0.3, -0.25) is 9.59 Å². The molecule has 0 radical (unpaired) electrons. The number of carbonyl (C=O) groups is 2. The van der Waals surface area contributed by atoms with Crippen LogP contribution in [0.1, 0.15) is 37.7 Å². The Hall–Kier alpha value is -1.91. The van der Waals surface area contributed by atoms with E-state index in [0.717, 1.165) is 24.8 Å². The zero-order valence-electron chi connectivity index (χ0n) is 12.5. The van der Waals surface area contributed by atoms with E-state index >= 15 is 0 Å². The van der Waals surface area contributed by atoms with Crippen LogP contribution in [0.5, 0.6) is 0 Å². The van der Waals surface area contributed by atoms with Crippen molar-refractivity contribution >= 4 is 11.9 Å². The molecule has 2 aliphatic rings. The summed E-state index contributed by atoms with van der Waals surface area (Å²) in [6, 6.07) is 6.51. The van der Waals surface area contributed by atoms with Gasteiger partial charge in [-0.2, -0.15) is 0 Å². The largest absolute Gasteiger partial charge is 0.481 e. The molecule has 1 aromatic carbocycles. The molecule has 1 amide bonds. The number of amides is 1. The normalized spacial score (nSPS) is 24.6. The van der Waals surface area contributed by atoms with Gasteiger partial charge in [0.1, 0.15) is 5.82 Å². The molecule has 0 aliphatic heterocycles. The van der Waals surface area contributed by atoms with Gasteiger partial charge >= 0.3 is 5.97 Å². The maximum Gasteiger partial charge on any atom is 0.308 e. The van der Waals surface area contributed by atoms with Crippen LogP contribution in [0.2, 0.25) is 0 Å². The number of hydrogen-bond acceptors (Lipinski definition) is 2. The zero-order chi connectivity index (χ0) is 15.9. The highest BCUT2D eigenvalue weighted by atomic mass is 19.1. The van der Waals surface area contributed by atoms with Crippen LogP contribution in [0.3, 0.4) is 0 Å². The first-order chi connectivity index (χ1) is 10.5. The van der Waals surface area contributed by atoms with Crippen LogP contribution in [0, 0.1) is 17.7 Å². The Kier molecular flexibility index (Phi) is 3.89. The van der Waals surface area contributed by atoms with Gasteiger partial charge in [0, 0.05) is 18.5 Å². The fraction of sp³-hybridized carbons (Fsp3) is 0.529. The number of aliphatic carboxylic acids is 1. The van der Waals surface area contributed by atoms with Gasteiger partial charge < -0.3 is 10.0 Å². The highest BCUT2D eigenvalue weighted by Gasteiger charge is 2.48. The highest BCUT2D eigenvalue weighted by molar-refractivity contribution is 5.84. The molecule has 2 aliphatic carbocycles. The smallest absolute Gasteiger partial charge is 0.308 e. The number of rotatable bonds is 6. The Balaban J connectivity index is 1.65. The average Bonchev–Trinajstić information content (AvgIpc) is 3.37. The zero-order valence-corrected chi connectivity index (χ0v) is 12.5. The topological polar surface area (TPSA) is 57.6 Å². The predicted octanol–water partition coefficient (Wildman–Crippen LogP) is 2.64. The second kappa shape index (κ2) is 5.71. The monoisotopic (exact) mass is 305 g/mol. The molecule has 3 rings (SSSR count). The second-order valence-electron chi connectivity index (χ2n) is 6.46. The molecule has 0 spiro atoms. The Morgan fingerprint density at radius 1 is 1.32 bits per heavy atom. The van der Waals surface area contributed by atoms with Gasteiger partial charge in [0.15, 0.2) is 0 Å². The third-order valence-corrected chi connectivity index (χ3v) is 4.57. The summed E-state index contributed by atoms with van der Waals surface area (Å²) in [5.74, 6) is -1.56. The molecule has 0 bridgehead atoms. The Morgan fingerprint density at radius 3 is 2.50 bits per heavy atom. The van der Waals surface area contributed by atoms with Crippen molar-refractivity contribution in [1.29, 1.82) is 0 Å². The molecule has 0 aromatic heterocycles. The number of nitrogens with zero attached hydrogens (tertiary/aromatic N) is 1. The van der Waals surface area contributed by atoms with Crippen LogP contribution < -0.4 is 0 Å². The summed E-state index contributed by atoms with van der Waals surface area (Å²) in [5.41, 5.74) is 0.988. The van der Waals surface area contributed by atoms with Crippen molar-refractivity contribution in [2.24, 2.45) is 11.8 Å². The Morgan fingerprint density at radius 2 is 1.95 bits per heavy atom. The average molecular weight is 305 g/mol. The minimum Gasteiger partial charge on any atom is -0.481 e. The van der Waals surface area contributed by atoms with Gasteiger partial charge in [0.05, 0.1) is 5.92 Å². The van der Waals surface area contributed by atoms with E-state index in [-0.39, 0.29) is 36.1 Å². The van der Waals surface area contributed by atoms with Crippen molar-refractivity contribution in [3.8, 4) is 0 Å². The van der Waals surface area contributed by atoms with Crippen LogP contribution in [0.15, 0.2) is 24.3 Å². The maximum absolute atomic E-state index is 13.0. The van der Waals surface area contributed by atoms with Crippen LogP contribution >= 0.6 is 0 Å². The third-order valence-electron chi connectivity index (χ3n) is 4.57. The first-order valence-corrected chi connectivity index (χ1v) is 7.76. The fourth-order valence-electron chi connectivity index (χ4n) is 2.94. The van der Waals surface area contributed by atoms with Crippen molar-refractivity contribution < 1.29 is 19.1 Å². The van der Waals surface area contributed by atoms with E-state index in [4.69, 9.17) is 5.11 Å². The summed E-state index contributed by atoms with van der Waals surface area (Å²) < 4.78 is 13.0. The molecule has 0 heterocycles. The summed E-state index contributed by atoms with van der Waals surface area (Å²) in [6.07, 6.45) is 2.70. The van der Waals surface area contributed by atoms with E-state index in [1.165, 1.54) is 12.1 Å². The molecule has 118 valence electrons. The van der Waals surface area contributed by atoms with Crippen LogP contribution in [0.25, 0.3) is 0 Å². The van der Waals surface area contributed by atoms with Crippen LogP contribution in [-0.2, 0) is 9.59 Å². The SMILES string of the molecule is CC(CN(C(=O)C1CC1c1ccc(F)cc1)C1CC1)C(=O)O. The number of halogens is 1. The number of benzene rings is 1. The number of hydrogen-bond donors (Lipinski definition) is 1. The molecule has 1 aromatic rings. The van der Waals surface area contributed by atoms with E-state index in [1.54, 1.807) is 24.0 Å². The number of carboxylic acids is 1. The van der Waals surface area contributed by atoms with Crippen LogP contribution in [0.4, 0.5) is 4.39 Å². The summed E-state index contributed by atoms with van der Waals surface area (Å²) in [6.45, 7) is 1.92. The van der Waals surface area contributed by atoms with Gasteiger partial charge in [-0.15, -0.1) is 0 Å². The summed E-state index contributed by atoms with van der Waals surface area (Å²) in [7, 11) is 0. The molecule has 3 unspecified atom stereocenters. The third kappa shape index (κ3) is 3.13. The molecule has 22 heavy (non-hydrogen) atoms. The minimum absolute atomic E-state index is 0.0601. The molecule has 0 saturated heterocycles. The lowest BCUT2D eigenvalue weighted by molar-refractivity contribution is -0.143. The molecule has 5 heteroatoms. The van der Waals surface area contributed by atoms with E-state index in [9.17, 15) is 14.0 Å². The fourth-order valence-corrected chi connectivity index (χ4v) is 2.94.